The van der Waals surface area contributed by atoms with Crippen LogP contribution in [0.3, 0.4) is 0 Å². The zero-order valence-corrected chi connectivity index (χ0v) is 37.6. The summed E-state index contributed by atoms with van der Waals surface area (Å²) in [6.07, 6.45) is 53.8. The van der Waals surface area contributed by atoms with E-state index in [0.717, 1.165) is 89.9 Å². The summed E-state index contributed by atoms with van der Waals surface area (Å²) in [7, 11) is 0. The molecule has 0 rings (SSSR count). The predicted molar refractivity (Wildman–Crippen MR) is 242 cm³/mol. The molecule has 57 heavy (non-hydrogen) atoms. The molecule has 330 valence electrons. The number of carbonyl (C=O) groups excluding carboxylic acids is 3. The van der Waals surface area contributed by atoms with E-state index in [2.05, 4.69) is 69.4 Å². The Hall–Kier alpha value is -2.63. The summed E-state index contributed by atoms with van der Waals surface area (Å²) >= 11 is 0. The van der Waals surface area contributed by atoms with Crippen LogP contribution < -0.4 is 0 Å². The number of ether oxygens (including phenoxy) is 3. The van der Waals surface area contributed by atoms with Gasteiger partial charge >= 0.3 is 17.9 Å². The highest BCUT2D eigenvalue weighted by molar-refractivity contribution is 5.71. The molecular weight excluding hydrogens is 709 g/mol. The Balaban J connectivity index is 4.30. The molecule has 0 fully saturated rings. The van der Waals surface area contributed by atoms with Gasteiger partial charge in [-0.15, -0.1) is 0 Å². The first-order valence-electron chi connectivity index (χ1n) is 24.1. The molecular formula is C51H90O6. The van der Waals surface area contributed by atoms with Gasteiger partial charge in [-0.2, -0.15) is 0 Å². The molecule has 6 nitrogen and oxygen atoms in total. The van der Waals surface area contributed by atoms with Gasteiger partial charge in [-0.05, 0) is 57.8 Å². The molecule has 1 unspecified atom stereocenters. The summed E-state index contributed by atoms with van der Waals surface area (Å²) in [5.41, 5.74) is 0. The lowest BCUT2D eigenvalue weighted by Gasteiger charge is -2.18. The Labute approximate surface area is 352 Å². The second-order valence-corrected chi connectivity index (χ2v) is 16.0. The number of hydrogen-bond acceptors (Lipinski definition) is 6. The van der Waals surface area contributed by atoms with Crippen LogP contribution in [0.2, 0.25) is 0 Å². The van der Waals surface area contributed by atoms with Gasteiger partial charge in [-0.1, -0.05) is 211 Å². The van der Waals surface area contributed by atoms with Crippen LogP contribution in [0.4, 0.5) is 0 Å². The summed E-state index contributed by atoms with van der Waals surface area (Å²) in [5.74, 6) is -0.890. The van der Waals surface area contributed by atoms with E-state index in [1.807, 2.05) is 0 Å². The van der Waals surface area contributed by atoms with Gasteiger partial charge in [0.25, 0.3) is 0 Å². The number of rotatable bonds is 43. The maximum absolute atomic E-state index is 12.7. The molecule has 0 aliphatic rings. The summed E-state index contributed by atoms with van der Waals surface area (Å²) in [6, 6.07) is 0. The van der Waals surface area contributed by atoms with E-state index in [4.69, 9.17) is 14.2 Å². The van der Waals surface area contributed by atoms with E-state index in [1.54, 1.807) is 0 Å². The van der Waals surface area contributed by atoms with Gasteiger partial charge in [0, 0.05) is 19.3 Å². The van der Waals surface area contributed by atoms with Crippen LogP contribution in [0.5, 0.6) is 0 Å². The Kier molecular flexibility index (Phi) is 43.9. The monoisotopic (exact) mass is 799 g/mol. The van der Waals surface area contributed by atoms with Crippen LogP contribution in [0.15, 0.2) is 48.6 Å². The average molecular weight is 799 g/mol. The van der Waals surface area contributed by atoms with E-state index in [1.165, 1.54) is 109 Å². The first kappa shape index (κ1) is 54.4. The Morgan fingerprint density at radius 3 is 1.07 bits per heavy atom. The van der Waals surface area contributed by atoms with Crippen LogP contribution in [0.25, 0.3) is 0 Å². The lowest BCUT2D eigenvalue weighted by molar-refractivity contribution is -0.167. The number of esters is 3. The van der Waals surface area contributed by atoms with Crippen LogP contribution >= 0.6 is 0 Å². The van der Waals surface area contributed by atoms with Crippen molar-refractivity contribution in [3.63, 3.8) is 0 Å². The highest BCUT2D eigenvalue weighted by atomic mass is 16.6. The predicted octanol–water partition coefficient (Wildman–Crippen LogP) is 15.5. The Morgan fingerprint density at radius 1 is 0.368 bits per heavy atom. The molecule has 0 saturated heterocycles. The summed E-state index contributed by atoms with van der Waals surface area (Å²) < 4.78 is 16.7. The molecule has 0 spiro atoms. The summed E-state index contributed by atoms with van der Waals surface area (Å²) in [5, 5.41) is 0. The molecule has 0 N–H and O–H groups in total. The van der Waals surface area contributed by atoms with Crippen LogP contribution in [0.1, 0.15) is 239 Å². The highest BCUT2D eigenvalue weighted by Gasteiger charge is 2.19. The van der Waals surface area contributed by atoms with Gasteiger partial charge < -0.3 is 14.2 Å². The molecule has 0 amide bonds. The normalized spacial score (nSPS) is 12.4. The van der Waals surface area contributed by atoms with Crippen molar-refractivity contribution in [2.24, 2.45) is 0 Å². The van der Waals surface area contributed by atoms with Gasteiger partial charge in [0.05, 0.1) is 0 Å². The van der Waals surface area contributed by atoms with Gasteiger partial charge in [-0.3, -0.25) is 14.4 Å². The number of unbranched alkanes of at least 4 members (excludes halogenated alkanes) is 24. The van der Waals surface area contributed by atoms with Crippen molar-refractivity contribution in [3.05, 3.63) is 48.6 Å². The third-order valence-corrected chi connectivity index (χ3v) is 10.3. The van der Waals surface area contributed by atoms with Crippen molar-refractivity contribution >= 4 is 17.9 Å². The molecule has 0 aliphatic heterocycles. The fourth-order valence-corrected chi connectivity index (χ4v) is 6.73. The first-order chi connectivity index (χ1) is 28.0. The van der Waals surface area contributed by atoms with Crippen molar-refractivity contribution < 1.29 is 28.6 Å². The standard InChI is InChI=1S/C51H90O6/c1-4-7-10-13-16-19-21-23-24-25-26-27-28-29-31-32-35-38-41-44-50(53)56-47-48(46-55-49(52)43-40-37-34-18-15-12-9-6-3)57-51(54)45-42-39-36-33-30-22-20-17-14-11-8-5-2/h7,10,16,19,23-24,26-27,48H,4-6,8-9,11-15,17-18,20-22,25,28-47H2,1-3H3/b10-7-,19-16-,24-23-,27-26-. The summed E-state index contributed by atoms with van der Waals surface area (Å²) in [4.78, 5) is 37.7. The van der Waals surface area contributed by atoms with Crippen LogP contribution in [0, 0.1) is 0 Å². The molecule has 0 bridgehead atoms. The lowest BCUT2D eigenvalue weighted by atomic mass is 10.0. The SMILES string of the molecule is CC/C=C\C/C=C\C/C=C\C/C=C\CCCCCCCCC(=O)OCC(COC(=O)CCCCCCCCCC)OC(=O)CCCCCCCCCCCCCC. The van der Waals surface area contributed by atoms with Crippen LogP contribution in [-0.2, 0) is 28.6 Å². The van der Waals surface area contributed by atoms with Crippen molar-refractivity contribution in [1.29, 1.82) is 0 Å². The second-order valence-electron chi connectivity index (χ2n) is 16.0. The third-order valence-electron chi connectivity index (χ3n) is 10.3. The first-order valence-corrected chi connectivity index (χ1v) is 24.1. The molecule has 6 heteroatoms. The average Bonchev–Trinajstić information content (AvgIpc) is 3.21. The largest absolute Gasteiger partial charge is 0.462 e. The molecule has 1 atom stereocenters. The zero-order valence-electron chi connectivity index (χ0n) is 37.6. The fraction of sp³-hybridized carbons (Fsp3) is 0.784. The maximum Gasteiger partial charge on any atom is 0.306 e. The molecule has 0 aromatic rings. The molecule has 0 radical (unpaired) electrons. The smallest absolute Gasteiger partial charge is 0.306 e. The number of hydrogen-bond donors (Lipinski definition) is 0. The minimum Gasteiger partial charge on any atom is -0.462 e. The van der Waals surface area contributed by atoms with Crippen molar-refractivity contribution in [2.45, 2.75) is 245 Å². The number of allylic oxidation sites excluding steroid dienone is 8. The third kappa shape index (κ3) is 44.3. The fourth-order valence-electron chi connectivity index (χ4n) is 6.73. The molecule has 0 aromatic carbocycles. The Bertz CT molecular complexity index is 1010. The van der Waals surface area contributed by atoms with E-state index in [0.29, 0.717) is 19.3 Å². The minimum absolute atomic E-state index is 0.0752. The lowest BCUT2D eigenvalue weighted by Crippen LogP contribution is -2.30. The second kappa shape index (κ2) is 46.1. The molecule has 0 aliphatic carbocycles. The van der Waals surface area contributed by atoms with E-state index in [9.17, 15) is 14.4 Å². The maximum atomic E-state index is 12.7. The Morgan fingerprint density at radius 2 is 0.684 bits per heavy atom. The van der Waals surface area contributed by atoms with E-state index >= 15 is 0 Å². The minimum atomic E-state index is -0.772. The van der Waals surface area contributed by atoms with Crippen LogP contribution in [-0.4, -0.2) is 37.2 Å². The highest BCUT2D eigenvalue weighted by Crippen LogP contribution is 2.15. The zero-order chi connectivity index (χ0) is 41.5. The molecule has 0 heterocycles. The van der Waals surface area contributed by atoms with Gasteiger partial charge in [-0.25, -0.2) is 0 Å². The molecule has 0 saturated carbocycles. The van der Waals surface area contributed by atoms with Gasteiger partial charge in [0.2, 0.25) is 0 Å². The number of carbonyl (C=O) groups is 3. The van der Waals surface area contributed by atoms with Gasteiger partial charge in [0.15, 0.2) is 6.10 Å². The van der Waals surface area contributed by atoms with E-state index in [-0.39, 0.29) is 31.1 Å². The topological polar surface area (TPSA) is 78.9 Å². The van der Waals surface area contributed by atoms with E-state index < -0.39 is 6.10 Å². The van der Waals surface area contributed by atoms with Crippen molar-refractivity contribution in [2.75, 3.05) is 13.2 Å². The van der Waals surface area contributed by atoms with Crippen molar-refractivity contribution in [1.82, 2.24) is 0 Å². The van der Waals surface area contributed by atoms with Gasteiger partial charge in [0.1, 0.15) is 13.2 Å². The summed E-state index contributed by atoms with van der Waals surface area (Å²) in [6.45, 7) is 6.48. The van der Waals surface area contributed by atoms with Crippen molar-refractivity contribution in [3.8, 4) is 0 Å². The quantitative estimate of drug-likeness (QED) is 0.0265. The molecule has 0 aromatic heterocycles.